The van der Waals surface area contributed by atoms with E-state index in [9.17, 15) is 0 Å². The van der Waals surface area contributed by atoms with E-state index in [-0.39, 0.29) is 6.61 Å². The lowest BCUT2D eigenvalue weighted by atomic mass is 10.3. The number of nitrogens with zero attached hydrogens (tertiary/aromatic N) is 1. The lowest BCUT2D eigenvalue weighted by Crippen LogP contribution is -2.24. The molecule has 0 rings (SSSR count). The van der Waals surface area contributed by atoms with Crippen molar-refractivity contribution in [2.24, 2.45) is 0 Å². The molecule has 2 nitrogen and oxygen atoms in total. The number of hydrogen-bond donors (Lipinski definition) is 1. The van der Waals surface area contributed by atoms with E-state index in [1.165, 1.54) is 0 Å². The summed E-state index contributed by atoms with van der Waals surface area (Å²) in [6.45, 7) is 9.93. The van der Waals surface area contributed by atoms with Crippen LogP contribution >= 0.6 is 0 Å². The molecular weight excluding hydrogens is 126 g/mol. The molecule has 60 valence electrons. The van der Waals surface area contributed by atoms with Crippen LogP contribution in [0.2, 0.25) is 0 Å². The van der Waals surface area contributed by atoms with E-state index in [2.05, 4.69) is 25.3 Å². The van der Waals surface area contributed by atoms with Crippen LogP contribution in [0, 0.1) is 0 Å². The van der Waals surface area contributed by atoms with Crippen molar-refractivity contribution in [3.63, 3.8) is 0 Å². The zero-order valence-corrected chi connectivity index (χ0v) is 6.93. The third-order valence-corrected chi connectivity index (χ3v) is 1.50. The van der Waals surface area contributed by atoms with E-state index in [4.69, 9.17) is 5.11 Å². The fraction of sp³-hybridized carbons (Fsp3) is 0.750. The van der Waals surface area contributed by atoms with E-state index < -0.39 is 0 Å². The van der Waals surface area contributed by atoms with E-state index in [0.717, 1.165) is 25.2 Å². The summed E-state index contributed by atoms with van der Waals surface area (Å²) in [7, 11) is 0. The summed E-state index contributed by atoms with van der Waals surface area (Å²) in [6.07, 6.45) is 1.10. The van der Waals surface area contributed by atoms with Gasteiger partial charge in [-0.1, -0.05) is 13.5 Å². The number of likely N-dealkylation sites (N-methyl/N-ethyl adjacent to an activating group) is 1. The molecule has 1 N–H and O–H groups in total. The lowest BCUT2D eigenvalue weighted by Gasteiger charge is -2.22. The molecule has 0 unspecified atom stereocenters. The highest BCUT2D eigenvalue weighted by Crippen LogP contribution is 2.00. The van der Waals surface area contributed by atoms with E-state index >= 15 is 0 Å². The smallest absolute Gasteiger partial charge is 0.0823 e. The molecule has 2 heteroatoms. The Balaban J connectivity index is 3.68. The Labute approximate surface area is 63.2 Å². The molecule has 0 saturated carbocycles. The van der Waals surface area contributed by atoms with Crippen LogP contribution in [0.5, 0.6) is 0 Å². The summed E-state index contributed by atoms with van der Waals surface area (Å²) >= 11 is 0. The Bertz CT molecular complexity index is 101. The first kappa shape index (κ1) is 9.50. The minimum atomic E-state index is 0.0772. The van der Waals surface area contributed by atoms with Crippen LogP contribution in [0.3, 0.4) is 0 Å². The molecule has 0 atom stereocenters. The molecule has 0 bridgehead atoms. The molecule has 0 aromatic carbocycles. The van der Waals surface area contributed by atoms with Crippen molar-refractivity contribution in [3.8, 4) is 0 Å². The highest BCUT2D eigenvalue weighted by molar-refractivity contribution is 4.92. The van der Waals surface area contributed by atoms with Crippen LogP contribution in [0.1, 0.15) is 20.3 Å². The fourth-order valence-electron chi connectivity index (χ4n) is 0.910. The SMILES string of the molecule is C=C(CO)N(CC)CCC. The van der Waals surface area contributed by atoms with Gasteiger partial charge in [0, 0.05) is 18.8 Å². The molecule has 0 aliphatic heterocycles. The Morgan fingerprint density at radius 2 is 2.10 bits per heavy atom. The van der Waals surface area contributed by atoms with Gasteiger partial charge >= 0.3 is 0 Å². The van der Waals surface area contributed by atoms with Crippen LogP contribution in [0.15, 0.2) is 12.3 Å². The highest BCUT2D eigenvalue weighted by Gasteiger charge is 2.00. The minimum Gasteiger partial charge on any atom is -0.390 e. The number of aliphatic hydroxyl groups is 1. The molecule has 0 heterocycles. The van der Waals surface area contributed by atoms with Crippen LogP contribution in [0.25, 0.3) is 0 Å². The average Bonchev–Trinajstić information content (AvgIpc) is 1.99. The van der Waals surface area contributed by atoms with Gasteiger partial charge in [0.15, 0.2) is 0 Å². The molecule has 0 radical (unpaired) electrons. The van der Waals surface area contributed by atoms with Gasteiger partial charge in [0.1, 0.15) is 0 Å². The van der Waals surface area contributed by atoms with Crippen molar-refractivity contribution >= 4 is 0 Å². The zero-order valence-electron chi connectivity index (χ0n) is 6.93. The zero-order chi connectivity index (χ0) is 7.98. The largest absolute Gasteiger partial charge is 0.390 e. The van der Waals surface area contributed by atoms with Crippen molar-refractivity contribution in [2.75, 3.05) is 19.7 Å². The van der Waals surface area contributed by atoms with Crippen molar-refractivity contribution in [2.45, 2.75) is 20.3 Å². The van der Waals surface area contributed by atoms with Gasteiger partial charge < -0.3 is 10.0 Å². The van der Waals surface area contributed by atoms with E-state index in [1.807, 2.05) is 0 Å². The summed E-state index contributed by atoms with van der Waals surface area (Å²) in [5, 5.41) is 8.72. The van der Waals surface area contributed by atoms with Crippen LogP contribution in [-0.2, 0) is 0 Å². The van der Waals surface area contributed by atoms with Crippen molar-refractivity contribution in [3.05, 3.63) is 12.3 Å². The van der Waals surface area contributed by atoms with E-state index in [0.29, 0.717) is 0 Å². The van der Waals surface area contributed by atoms with Crippen molar-refractivity contribution in [1.82, 2.24) is 4.90 Å². The first-order chi connectivity index (χ1) is 4.76. The van der Waals surface area contributed by atoms with Gasteiger partial charge in [0.2, 0.25) is 0 Å². The first-order valence-corrected chi connectivity index (χ1v) is 3.79. The molecule has 0 aliphatic rings. The predicted octanol–water partition coefficient (Wildman–Crippen LogP) is 1.22. The second-order valence-electron chi connectivity index (χ2n) is 2.30. The van der Waals surface area contributed by atoms with Gasteiger partial charge in [-0.15, -0.1) is 0 Å². The Morgan fingerprint density at radius 1 is 1.50 bits per heavy atom. The summed E-state index contributed by atoms with van der Waals surface area (Å²) in [5.74, 6) is 0. The van der Waals surface area contributed by atoms with Gasteiger partial charge in [-0.3, -0.25) is 0 Å². The third kappa shape index (κ3) is 2.87. The predicted molar refractivity (Wildman–Crippen MR) is 43.8 cm³/mol. The molecule has 0 fully saturated rings. The molecule has 0 saturated heterocycles. The van der Waals surface area contributed by atoms with E-state index in [1.54, 1.807) is 0 Å². The summed E-state index contributed by atoms with van der Waals surface area (Å²) in [4.78, 5) is 2.08. The number of aliphatic hydroxyl groups excluding tert-OH is 1. The topological polar surface area (TPSA) is 23.5 Å². The Hall–Kier alpha value is -0.500. The Kier molecular flexibility index (Phi) is 5.03. The van der Waals surface area contributed by atoms with Gasteiger partial charge in [0.05, 0.1) is 6.61 Å². The second kappa shape index (κ2) is 5.30. The van der Waals surface area contributed by atoms with Crippen molar-refractivity contribution in [1.29, 1.82) is 0 Å². The molecule has 0 aliphatic carbocycles. The maximum atomic E-state index is 8.72. The summed E-state index contributed by atoms with van der Waals surface area (Å²) in [5.41, 5.74) is 0.823. The summed E-state index contributed by atoms with van der Waals surface area (Å²) < 4.78 is 0. The minimum absolute atomic E-state index is 0.0772. The monoisotopic (exact) mass is 143 g/mol. The average molecular weight is 143 g/mol. The molecule has 0 aromatic heterocycles. The first-order valence-electron chi connectivity index (χ1n) is 3.79. The molecule has 0 amide bonds. The summed E-state index contributed by atoms with van der Waals surface area (Å²) in [6, 6.07) is 0. The highest BCUT2D eigenvalue weighted by atomic mass is 16.3. The number of rotatable bonds is 5. The lowest BCUT2D eigenvalue weighted by molar-refractivity contribution is 0.258. The van der Waals surface area contributed by atoms with Crippen LogP contribution < -0.4 is 0 Å². The molecular formula is C8H17NO. The van der Waals surface area contributed by atoms with Crippen LogP contribution in [-0.4, -0.2) is 29.7 Å². The second-order valence-corrected chi connectivity index (χ2v) is 2.30. The molecule has 0 spiro atoms. The maximum Gasteiger partial charge on any atom is 0.0823 e. The number of hydrogen-bond acceptors (Lipinski definition) is 2. The van der Waals surface area contributed by atoms with Gasteiger partial charge in [-0.05, 0) is 13.3 Å². The third-order valence-electron chi connectivity index (χ3n) is 1.50. The maximum absolute atomic E-state index is 8.72. The fourth-order valence-corrected chi connectivity index (χ4v) is 0.910. The normalized spacial score (nSPS) is 9.50. The molecule has 0 aromatic rings. The van der Waals surface area contributed by atoms with Gasteiger partial charge in [-0.25, -0.2) is 0 Å². The standard InChI is InChI=1S/C8H17NO/c1-4-6-9(5-2)8(3)7-10/h10H,3-7H2,1-2H3. The quantitative estimate of drug-likeness (QED) is 0.625. The molecule has 10 heavy (non-hydrogen) atoms. The van der Waals surface area contributed by atoms with Crippen LogP contribution in [0.4, 0.5) is 0 Å². The van der Waals surface area contributed by atoms with Gasteiger partial charge in [0.25, 0.3) is 0 Å². The van der Waals surface area contributed by atoms with Crippen molar-refractivity contribution < 1.29 is 5.11 Å². The Morgan fingerprint density at radius 3 is 2.40 bits per heavy atom. The van der Waals surface area contributed by atoms with Gasteiger partial charge in [-0.2, -0.15) is 0 Å².